The zero-order valence-electron chi connectivity index (χ0n) is 17.7. The first-order valence-corrected chi connectivity index (χ1v) is 10.2. The Balaban J connectivity index is 1.49. The SMILES string of the molecule is CN=C(NCCc1cccc(C(=O)N(C)C)c1)NCc1nc(-c2ccc(Cl)cc2)no1. The summed E-state index contributed by atoms with van der Waals surface area (Å²) in [6, 6.07) is 14.9. The monoisotopic (exact) mass is 440 g/mol. The highest BCUT2D eigenvalue weighted by molar-refractivity contribution is 6.30. The number of carbonyl (C=O) groups excluding carboxylic acids is 1. The predicted octanol–water partition coefficient (Wildman–Crippen LogP) is 3.00. The topological polar surface area (TPSA) is 95.7 Å². The van der Waals surface area contributed by atoms with Gasteiger partial charge in [0.1, 0.15) is 0 Å². The van der Waals surface area contributed by atoms with E-state index in [2.05, 4.69) is 25.8 Å². The highest BCUT2D eigenvalue weighted by Crippen LogP contribution is 2.18. The van der Waals surface area contributed by atoms with E-state index >= 15 is 0 Å². The number of carbonyl (C=O) groups is 1. The highest BCUT2D eigenvalue weighted by atomic mass is 35.5. The summed E-state index contributed by atoms with van der Waals surface area (Å²) in [5.41, 5.74) is 2.58. The minimum absolute atomic E-state index is 0.00943. The van der Waals surface area contributed by atoms with Crippen LogP contribution in [-0.2, 0) is 13.0 Å². The van der Waals surface area contributed by atoms with E-state index in [-0.39, 0.29) is 5.91 Å². The number of halogens is 1. The Bertz CT molecular complexity index is 1050. The maximum atomic E-state index is 12.1. The van der Waals surface area contributed by atoms with Gasteiger partial charge in [-0.3, -0.25) is 9.79 Å². The summed E-state index contributed by atoms with van der Waals surface area (Å²) in [5.74, 6) is 1.56. The molecule has 0 saturated heterocycles. The second kappa shape index (κ2) is 10.6. The molecule has 1 amide bonds. The smallest absolute Gasteiger partial charge is 0.253 e. The minimum Gasteiger partial charge on any atom is -0.356 e. The summed E-state index contributed by atoms with van der Waals surface area (Å²) in [6.45, 7) is 0.992. The molecule has 0 bridgehead atoms. The molecule has 0 radical (unpaired) electrons. The van der Waals surface area contributed by atoms with Gasteiger partial charge >= 0.3 is 0 Å². The van der Waals surface area contributed by atoms with Gasteiger partial charge in [0.2, 0.25) is 11.7 Å². The third-order valence-corrected chi connectivity index (χ3v) is 4.74. The molecule has 8 nitrogen and oxygen atoms in total. The van der Waals surface area contributed by atoms with Crippen molar-refractivity contribution < 1.29 is 9.32 Å². The molecule has 0 unspecified atom stereocenters. The van der Waals surface area contributed by atoms with Gasteiger partial charge in [0.15, 0.2) is 5.96 Å². The number of aliphatic imine (C=N–C) groups is 1. The van der Waals surface area contributed by atoms with Crippen LogP contribution in [0.1, 0.15) is 21.8 Å². The molecule has 3 aromatic rings. The highest BCUT2D eigenvalue weighted by Gasteiger charge is 2.10. The molecule has 0 spiro atoms. The number of hydrogen-bond donors (Lipinski definition) is 2. The third kappa shape index (κ3) is 6.29. The zero-order valence-corrected chi connectivity index (χ0v) is 18.5. The van der Waals surface area contributed by atoms with Crippen LogP contribution in [0.2, 0.25) is 5.02 Å². The first kappa shape index (κ1) is 22.3. The van der Waals surface area contributed by atoms with Gasteiger partial charge < -0.3 is 20.1 Å². The molecule has 2 N–H and O–H groups in total. The molecule has 2 aromatic carbocycles. The van der Waals surface area contributed by atoms with Crippen molar-refractivity contribution in [1.82, 2.24) is 25.7 Å². The summed E-state index contributed by atoms with van der Waals surface area (Å²) >= 11 is 5.91. The minimum atomic E-state index is -0.00943. The molecule has 162 valence electrons. The van der Waals surface area contributed by atoms with Crippen molar-refractivity contribution in [3.8, 4) is 11.4 Å². The van der Waals surface area contributed by atoms with Crippen LogP contribution in [0.3, 0.4) is 0 Å². The van der Waals surface area contributed by atoms with Crippen LogP contribution in [-0.4, -0.2) is 54.6 Å². The zero-order chi connectivity index (χ0) is 22.2. The van der Waals surface area contributed by atoms with Gasteiger partial charge in [-0.05, 0) is 48.4 Å². The summed E-state index contributed by atoms with van der Waals surface area (Å²) < 4.78 is 5.30. The Morgan fingerprint density at radius 1 is 1.16 bits per heavy atom. The second-order valence-corrected chi connectivity index (χ2v) is 7.46. The van der Waals surface area contributed by atoms with E-state index in [9.17, 15) is 4.79 Å². The van der Waals surface area contributed by atoms with E-state index in [1.54, 1.807) is 38.2 Å². The number of benzene rings is 2. The molecule has 0 atom stereocenters. The molecule has 1 aromatic heterocycles. The average Bonchev–Trinajstić information content (AvgIpc) is 3.25. The van der Waals surface area contributed by atoms with Crippen molar-refractivity contribution in [3.63, 3.8) is 0 Å². The molecule has 31 heavy (non-hydrogen) atoms. The van der Waals surface area contributed by atoms with Crippen molar-refractivity contribution >= 4 is 23.5 Å². The molecule has 0 fully saturated rings. The molecule has 0 saturated carbocycles. The molecule has 3 rings (SSSR count). The van der Waals surface area contributed by atoms with Gasteiger partial charge in [0, 0.05) is 43.8 Å². The van der Waals surface area contributed by atoms with Gasteiger partial charge in [-0.25, -0.2) is 0 Å². The van der Waals surface area contributed by atoms with Crippen LogP contribution in [0.4, 0.5) is 0 Å². The summed E-state index contributed by atoms with van der Waals surface area (Å²) in [6.07, 6.45) is 0.747. The normalized spacial score (nSPS) is 11.3. The Labute approximate surface area is 186 Å². The molecule has 0 aliphatic rings. The van der Waals surface area contributed by atoms with Crippen LogP contribution in [0, 0.1) is 0 Å². The Kier molecular flexibility index (Phi) is 7.61. The van der Waals surface area contributed by atoms with Crippen LogP contribution >= 0.6 is 11.6 Å². The molecular weight excluding hydrogens is 416 g/mol. The number of rotatable bonds is 7. The predicted molar refractivity (Wildman–Crippen MR) is 121 cm³/mol. The van der Waals surface area contributed by atoms with Gasteiger partial charge in [0.05, 0.1) is 6.54 Å². The number of nitrogens with zero attached hydrogens (tertiary/aromatic N) is 4. The van der Waals surface area contributed by atoms with Crippen molar-refractivity contribution in [2.45, 2.75) is 13.0 Å². The van der Waals surface area contributed by atoms with Crippen LogP contribution in [0.15, 0.2) is 58.0 Å². The molecule has 9 heteroatoms. The lowest BCUT2D eigenvalue weighted by atomic mass is 10.1. The van der Waals surface area contributed by atoms with Crippen LogP contribution in [0.25, 0.3) is 11.4 Å². The maximum Gasteiger partial charge on any atom is 0.253 e. The summed E-state index contributed by atoms with van der Waals surface area (Å²) in [4.78, 5) is 22.3. The van der Waals surface area contributed by atoms with E-state index < -0.39 is 0 Å². The van der Waals surface area contributed by atoms with E-state index in [0.29, 0.717) is 41.4 Å². The first-order valence-electron chi connectivity index (χ1n) is 9.80. The lowest BCUT2D eigenvalue weighted by molar-refractivity contribution is 0.0827. The molecule has 0 aliphatic heterocycles. The van der Waals surface area contributed by atoms with Gasteiger partial charge in [-0.15, -0.1) is 0 Å². The van der Waals surface area contributed by atoms with Gasteiger partial charge in [0.25, 0.3) is 5.91 Å². The van der Waals surface area contributed by atoms with Gasteiger partial charge in [-0.2, -0.15) is 4.98 Å². The Hall–Kier alpha value is -3.39. The number of amides is 1. The van der Waals surface area contributed by atoms with E-state index in [1.165, 1.54) is 0 Å². The van der Waals surface area contributed by atoms with Crippen molar-refractivity contribution in [3.05, 3.63) is 70.6 Å². The number of hydrogen-bond acceptors (Lipinski definition) is 5. The fraction of sp³-hybridized carbons (Fsp3) is 0.273. The number of aromatic nitrogens is 2. The lowest BCUT2D eigenvalue weighted by Crippen LogP contribution is -2.37. The van der Waals surface area contributed by atoms with E-state index in [0.717, 1.165) is 17.5 Å². The fourth-order valence-corrected chi connectivity index (χ4v) is 2.99. The quantitative estimate of drug-likeness (QED) is 0.433. The largest absolute Gasteiger partial charge is 0.356 e. The van der Waals surface area contributed by atoms with Crippen LogP contribution < -0.4 is 10.6 Å². The molecule has 1 heterocycles. The first-order chi connectivity index (χ1) is 15.0. The summed E-state index contributed by atoms with van der Waals surface area (Å²) in [7, 11) is 5.18. The average molecular weight is 441 g/mol. The standard InChI is InChI=1S/C22H25ClN6O2/c1-24-22(25-12-11-15-5-4-6-17(13-15)21(30)29(2)3)26-14-19-27-20(28-31-19)16-7-9-18(23)10-8-16/h4-10,13H,11-12,14H2,1-3H3,(H2,24,25,26). The van der Waals surface area contributed by atoms with Crippen LogP contribution in [0.5, 0.6) is 0 Å². The van der Waals surface area contributed by atoms with E-state index in [1.807, 2.05) is 36.4 Å². The van der Waals surface area contributed by atoms with Crippen molar-refractivity contribution in [2.24, 2.45) is 4.99 Å². The van der Waals surface area contributed by atoms with Crippen molar-refractivity contribution in [2.75, 3.05) is 27.7 Å². The van der Waals surface area contributed by atoms with Crippen molar-refractivity contribution in [1.29, 1.82) is 0 Å². The second-order valence-electron chi connectivity index (χ2n) is 7.02. The lowest BCUT2D eigenvalue weighted by Gasteiger charge is -2.12. The molecule has 0 aliphatic carbocycles. The Morgan fingerprint density at radius 3 is 2.65 bits per heavy atom. The Morgan fingerprint density at radius 2 is 1.94 bits per heavy atom. The number of guanidine groups is 1. The van der Waals surface area contributed by atoms with E-state index in [4.69, 9.17) is 16.1 Å². The number of nitrogens with one attached hydrogen (secondary N) is 2. The van der Waals surface area contributed by atoms with Gasteiger partial charge in [-0.1, -0.05) is 28.9 Å². The fourth-order valence-electron chi connectivity index (χ4n) is 2.87. The maximum absolute atomic E-state index is 12.1. The third-order valence-electron chi connectivity index (χ3n) is 4.49. The summed E-state index contributed by atoms with van der Waals surface area (Å²) in [5, 5.41) is 11.0. The molecular formula is C22H25ClN6O2.